The van der Waals surface area contributed by atoms with Crippen LogP contribution < -0.4 is 5.32 Å². The third kappa shape index (κ3) is 4.89. The summed E-state index contributed by atoms with van der Waals surface area (Å²) in [6.45, 7) is 3.64. The summed E-state index contributed by atoms with van der Waals surface area (Å²) in [5.74, 6) is 0. The number of hydrogen-bond acceptors (Lipinski definition) is 3. The number of rotatable bonds is 9. The summed E-state index contributed by atoms with van der Waals surface area (Å²) in [6.07, 6.45) is 6.24. The van der Waals surface area contributed by atoms with E-state index in [1.54, 1.807) is 7.11 Å². The molecule has 0 heterocycles. The third-order valence-electron chi connectivity index (χ3n) is 3.86. The van der Waals surface area contributed by atoms with Crippen molar-refractivity contribution < 1.29 is 9.47 Å². The molecule has 1 aromatic carbocycles. The smallest absolute Gasteiger partial charge is 0.0827 e. The number of nitrogens with one attached hydrogen (secondary N) is 1. The molecule has 0 saturated carbocycles. The molecule has 0 saturated heterocycles. The summed E-state index contributed by atoms with van der Waals surface area (Å²) >= 11 is 0. The minimum atomic E-state index is 0.321. The van der Waals surface area contributed by atoms with Gasteiger partial charge in [-0.3, -0.25) is 0 Å². The van der Waals surface area contributed by atoms with Gasteiger partial charge in [-0.1, -0.05) is 24.3 Å². The summed E-state index contributed by atoms with van der Waals surface area (Å²) < 4.78 is 11.1. The highest BCUT2D eigenvalue weighted by Gasteiger charge is 2.19. The SMILES string of the molecule is COCCNCCCCOC1CCCc2ccccc21. The molecule has 0 bridgehead atoms. The zero-order chi connectivity index (χ0) is 14.0. The van der Waals surface area contributed by atoms with Crippen LogP contribution in [0.2, 0.25) is 0 Å². The molecule has 0 fully saturated rings. The molecule has 1 aliphatic rings. The molecule has 3 heteroatoms. The highest BCUT2D eigenvalue weighted by Crippen LogP contribution is 2.32. The lowest BCUT2D eigenvalue weighted by Crippen LogP contribution is -2.20. The van der Waals surface area contributed by atoms with Gasteiger partial charge in [-0.05, 0) is 49.8 Å². The first-order valence-electron chi connectivity index (χ1n) is 7.81. The maximum absolute atomic E-state index is 6.08. The number of ether oxygens (including phenoxy) is 2. The van der Waals surface area contributed by atoms with Crippen LogP contribution in [-0.2, 0) is 15.9 Å². The fourth-order valence-corrected chi connectivity index (χ4v) is 2.76. The van der Waals surface area contributed by atoms with Gasteiger partial charge < -0.3 is 14.8 Å². The van der Waals surface area contributed by atoms with Crippen LogP contribution in [0.5, 0.6) is 0 Å². The number of fused-ring (bicyclic) bond motifs is 1. The van der Waals surface area contributed by atoms with Crippen molar-refractivity contribution in [1.29, 1.82) is 0 Å². The molecular weight excluding hydrogens is 250 g/mol. The molecule has 1 aliphatic carbocycles. The number of benzene rings is 1. The molecule has 0 radical (unpaired) electrons. The van der Waals surface area contributed by atoms with Crippen LogP contribution in [0.3, 0.4) is 0 Å². The lowest BCUT2D eigenvalue weighted by Gasteiger charge is -2.25. The van der Waals surface area contributed by atoms with Gasteiger partial charge in [0.1, 0.15) is 0 Å². The summed E-state index contributed by atoms with van der Waals surface area (Å²) in [6, 6.07) is 8.73. The molecule has 0 aromatic heterocycles. The fraction of sp³-hybridized carbons (Fsp3) is 0.647. The second-order valence-corrected chi connectivity index (χ2v) is 5.40. The Labute approximate surface area is 122 Å². The van der Waals surface area contributed by atoms with Crippen LogP contribution in [0.15, 0.2) is 24.3 Å². The molecule has 112 valence electrons. The van der Waals surface area contributed by atoms with Crippen molar-refractivity contribution in [3.8, 4) is 0 Å². The minimum Gasteiger partial charge on any atom is -0.383 e. The minimum absolute atomic E-state index is 0.321. The first-order valence-corrected chi connectivity index (χ1v) is 7.81. The number of hydrogen-bond donors (Lipinski definition) is 1. The molecule has 1 atom stereocenters. The number of aryl methyl sites for hydroxylation is 1. The van der Waals surface area contributed by atoms with Crippen LogP contribution >= 0.6 is 0 Å². The van der Waals surface area contributed by atoms with E-state index in [0.717, 1.165) is 39.1 Å². The van der Waals surface area contributed by atoms with E-state index in [4.69, 9.17) is 9.47 Å². The predicted octanol–water partition coefficient (Wildman–Crippen LogP) is 3.10. The van der Waals surface area contributed by atoms with E-state index in [1.807, 2.05) is 0 Å². The monoisotopic (exact) mass is 277 g/mol. The molecule has 20 heavy (non-hydrogen) atoms. The zero-order valence-corrected chi connectivity index (χ0v) is 12.6. The highest BCUT2D eigenvalue weighted by molar-refractivity contribution is 5.31. The van der Waals surface area contributed by atoms with Gasteiger partial charge in [0.25, 0.3) is 0 Å². The van der Waals surface area contributed by atoms with Crippen molar-refractivity contribution >= 4 is 0 Å². The van der Waals surface area contributed by atoms with Crippen LogP contribution in [-0.4, -0.2) is 33.4 Å². The lowest BCUT2D eigenvalue weighted by molar-refractivity contribution is 0.0385. The topological polar surface area (TPSA) is 30.5 Å². The van der Waals surface area contributed by atoms with Crippen molar-refractivity contribution in [2.75, 3.05) is 33.4 Å². The van der Waals surface area contributed by atoms with Gasteiger partial charge in [0.15, 0.2) is 0 Å². The van der Waals surface area contributed by atoms with Gasteiger partial charge in [-0.2, -0.15) is 0 Å². The molecule has 0 aliphatic heterocycles. The Hall–Kier alpha value is -0.900. The van der Waals surface area contributed by atoms with Gasteiger partial charge in [0.2, 0.25) is 0 Å². The van der Waals surface area contributed by atoms with Gasteiger partial charge in [-0.25, -0.2) is 0 Å². The Morgan fingerprint density at radius 3 is 2.95 bits per heavy atom. The van der Waals surface area contributed by atoms with E-state index in [2.05, 4.69) is 29.6 Å². The zero-order valence-electron chi connectivity index (χ0n) is 12.6. The van der Waals surface area contributed by atoms with Crippen LogP contribution in [0.1, 0.15) is 42.9 Å². The maximum Gasteiger partial charge on any atom is 0.0827 e. The van der Waals surface area contributed by atoms with Crippen molar-refractivity contribution in [3.05, 3.63) is 35.4 Å². The number of methoxy groups -OCH3 is 1. The molecule has 2 rings (SSSR count). The summed E-state index contributed by atoms with van der Waals surface area (Å²) in [5.41, 5.74) is 2.89. The Morgan fingerprint density at radius 2 is 2.05 bits per heavy atom. The lowest BCUT2D eigenvalue weighted by atomic mass is 9.89. The van der Waals surface area contributed by atoms with Crippen molar-refractivity contribution in [2.24, 2.45) is 0 Å². The largest absolute Gasteiger partial charge is 0.383 e. The van der Waals surface area contributed by atoms with E-state index in [0.29, 0.717) is 6.10 Å². The van der Waals surface area contributed by atoms with E-state index < -0.39 is 0 Å². The molecule has 1 unspecified atom stereocenters. The Morgan fingerprint density at radius 1 is 1.15 bits per heavy atom. The van der Waals surface area contributed by atoms with Crippen molar-refractivity contribution in [1.82, 2.24) is 5.32 Å². The average Bonchev–Trinajstić information content (AvgIpc) is 2.50. The van der Waals surface area contributed by atoms with Crippen LogP contribution in [0.25, 0.3) is 0 Å². The van der Waals surface area contributed by atoms with Crippen molar-refractivity contribution in [2.45, 2.75) is 38.2 Å². The first-order chi connectivity index (χ1) is 9.92. The predicted molar refractivity (Wildman–Crippen MR) is 82.1 cm³/mol. The number of unbranched alkanes of at least 4 members (excludes halogenated alkanes) is 1. The van der Waals surface area contributed by atoms with Gasteiger partial charge in [-0.15, -0.1) is 0 Å². The Balaban J connectivity index is 1.61. The average molecular weight is 277 g/mol. The quantitative estimate of drug-likeness (QED) is 0.704. The highest BCUT2D eigenvalue weighted by atomic mass is 16.5. The van der Waals surface area contributed by atoms with Gasteiger partial charge in [0, 0.05) is 20.3 Å². The molecule has 0 spiro atoms. The molecule has 1 N–H and O–H groups in total. The van der Waals surface area contributed by atoms with Crippen molar-refractivity contribution in [3.63, 3.8) is 0 Å². The fourth-order valence-electron chi connectivity index (χ4n) is 2.76. The summed E-state index contributed by atoms with van der Waals surface area (Å²) in [7, 11) is 1.73. The normalized spacial score (nSPS) is 17.9. The second kappa shape index (κ2) is 9.11. The molecule has 3 nitrogen and oxygen atoms in total. The molecule has 0 amide bonds. The Kier molecular flexibility index (Phi) is 7.06. The van der Waals surface area contributed by atoms with Gasteiger partial charge >= 0.3 is 0 Å². The van der Waals surface area contributed by atoms with Crippen LogP contribution in [0.4, 0.5) is 0 Å². The van der Waals surface area contributed by atoms with E-state index in [1.165, 1.54) is 30.4 Å². The van der Waals surface area contributed by atoms with Crippen LogP contribution in [0, 0.1) is 0 Å². The van der Waals surface area contributed by atoms with E-state index >= 15 is 0 Å². The molecule has 1 aromatic rings. The molecular formula is C17H27NO2. The summed E-state index contributed by atoms with van der Waals surface area (Å²) in [5, 5.41) is 3.36. The summed E-state index contributed by atoms with van der Waals surface area (Å²) in [4.78, 5) is 0. The first kappa shape index (κ1) is 15.5. The van der Waals surface area contributed by atoms with E-state index in [9.17, 15) is 0 Å². The standard InChI is InChI=1S/C17H27NO2/c1-19-14-12-18-11-4-5-13-20-17-10-6-8-15-7-2-3-9-16(15)17/h2-3,7,9,17-18H,4-6,8,10-14H2,1H3. The Bertz CT molecular complexity index is 381. The van der Waals surface area contributed by atoms with E-state index in [-0.39, 0.29) is 0 Å². The second-order valence-electron chi connectivity index (χ2n) is 5.40. The maximum atomic E-state index is 6.08. The van der Waals surface area contributed by atoms with Gasteiger partial charge in [0.05, 0.1) is 12.7 Å². The third-order valence-corrected chi connectivity index (χ3v) is 3.86.